The van der Waals surface area contributed by atoms with Crippen LogP contribution in [0.3, 0.4) is 0 Å². The molecule has 5 rings (SSSR count). The summed E-state index contributed by atoms with van der Waals surface area (Å²) in [5.41, 5.74) is 2.99. The van der Waals surface area contributed by atoms with E-state index in [1.807, 2.05) is 48.5 Å². The Morgan fingerprint density at radius 1 is 0.923 bits per heavy atom. The Morgan fingerprint density at radius 3 is 2.54 bits per heavy atom. The van der Waals surface area contributed by atoms with Crippen LogP contribution in [0, 0.1) is 0 Å². The minimum Gasteiger partial charge on any atom is -0.486 e. The van der Waals surface area contributed by atoms with Crippen LogP contribution in [0.1, 0.15) is 27.3 Å². The molecule has 0 radical (unpaired) electrons. The lowest BCUT2D eigenvalue weighted by molar-refractivity contribution is 0.102. The highest BCUT2D eigenvalue weighted by Crippen LogP contribution is 2.24. The van der Waals surface area contributed by atoms with Crippen LogP contribution in [0.4, 0.5) is 5.69 Å². The van der Waals surface area contributed by atoms with Crippen LogP contribution in [0.2, 0.25) is 5.02 Å². The van der Waals surface area contributed by atoms with Crippen molar-refractivity contribution in [1.82, 2.24) is 4.98 Å². The number of nitrogens with one attached hydrogen (secondary N) is 1. The number of thiazole rings is 1. The van der Waals surface area contributed by atoms with Crippen molar-refractivity contribution >= 4 is 54.6 Å². The maximum Gasteiger partial charge on any atom is 0.255 e. The highest BCUT2D eigenvalue weighted by molar-refractivity contribution is 7.91. The zero-order valence-corrected chi connectivity index (χ0v) is 23.2. The van der Waals surface area contributed by atoms with Gasteiger partial charge in [-0.3, -0.25) is 4.79 Å². The number of sulfone groups is 1. The maximum atomic E-state index is 12.9. The number of ether oxygens (including phenoxy) is 1. The molecule has 0 aliphatic rings. The van der Waals surface area contributed by atoms with Gasteiger partial charge in [-0.05, 0) is 85.1 Å². The first-order chi connectivity index (χ1) is 18.9. The number of fused-ring (bicyclic) bond motifs is 1. The summed E-state index contributed by atoms with van der Waals surface area (Å²) in [4.78, 5) is 17.8. The van der Waals surface area contributed by atoms with E-state index in [1.54, 1.807) is 47.7 Å². The molecule has 6 nitrogen and oxygen atoms in total. The third-order valence-corrected chi connectivity index (χ3v) is 9.11. The maximum absolute atomic E-state index is 12.9. The van der Waals surface area contributed by atoms with E-state index < -0.39 is 9.84 Å². The average Bonchev–Trinajstić information content (AvgIpc) is 3.36. The third kappa shape index (κ3) is 7.03. The number of hydrogen-bond acceptors (Lipinski definition) is 6. The molecule has 198 valence electrons. The van der Waals surface area contributed by atoms with E-state index in [-0.39, 0.29) is 16.6 Å². The van der Waals surface area contributed by atoms with Crippen LogP contribution in [-0.4, -0.2) is 25.1 Å². The standard InChI is InChI=1S/C30H25ClN2O4S2/c31-23-13-15-26(16-14-23)39(35,36)17-5-7-21-6-3-9-24(18-21)32-30(34)22-8-4-10-25(19-22)37-20-29-33-27-11-1-2-12-28(27)38-29/h1-4,6,8-16,18-19H,5,7,17,20H2,(H,32,34). The van der Waals surface area contributed by atoms with E-state index in [9.17, 15) is 13.2 Å². The van der Waals surface area contributed by atoms with Gasteiger partial charge in [0.15, 0.2) is 9.84 Å². The number of anilines is 1. The molecule has 9 heteroatoms. The predicted octanol–water partition coefficient (Wildman–Crippen LogP) is 7.19. The van der Waals surface area contributed by atoms with Gasteiger partial charge in [-0.15, -0.1) is 11.3 Å². The highest BCUT2D eigenvalue weighted by atomic mass is 35.5. The number of aryl methyl sites for hydroxylation is 1. The molecule has 5 aromatic rings. The SMILES string of the molecule is O=C(Nc1cccc(CCCS(=O)(=O)c2ccc(Cl)cc2)c1)c1cccc(OCc2nc3ccccc3s2)c1. The number of carbonyl (C=O) groups excluding carboxylic acids is 1. The molecule has 0 fully saturated rings. The van der Waals surface area contributed by atoms with Crippen molar-refractivity contribution in [2.75, 3.05) is 11.1 Å². The minimum atomic E-state index is -3.39. The summed E-state index contributed by atoms with van der Waals surface area (Å²) in [6.07, 6.45) is 1.02. The monoisotopic (exact) mass is 576 g/mol. The first kappa shape index (κ1) is 26.9. The number of aromatic nitrogens is 1. The molecule has 0 saturated heterocycles. The number of hydrogen-bond donors (Lipinski definition) is 1. The first-order valence-electron chi connectivity index (χ1n) is 12.3. The van der Waals surface area contributed by atoms with Crippen molar-refractivity contribution in [3.05, 3.63) is 118 Å². The molecule has 0 aliphatic heterocycles. The van der Waals surface area contributed by atoms with Gasteiger partial charge in [-0.1, -0.05) is 41.9 Å². The number of carbonyl (C=O) groups is 1. The summed E-state index contributed by atoms with van der Waals surface area (Å²) in [5, 5.41) is 4.28. The minimum absolute atomic E-state index is 0.0228. The van der Waals surface area contributed by atoms with E-state index in [4.69, 9.17) is 16.3 Å². The second kappa shape index (κ2) is 12.0. The Kier molecular flexibility index (Phi) is 8.26. The van der Waals surface area contributed by atoms with Gasteiger partial charge in [-0.25, -0.2) is 13.4 Å². The Hall–Kier alpha value is -3.72. The van der Waals surface area contributed by atoms with Crippen LogP contribution >= 0.6 is 22.9 Å². The fourth-order valence-corrected chi connectivity index (χ4v) is 6.41. The second-order valence-corrected chi connectivity index (χ2v) is 12.6. The van der Waals surface area contributed by atoms with Crippen LogP contribution in [-0.2, 0) is 22.9 Å². The summed E-state index contributed by atoms with van der Waals surface area (Å²) in [6.45, 7) is 0.320. The molecule has 0 spiro atoms. The molecule has 0 saturated carbocycles. The summed E-state index contributed by atoms with van der Waals surface area (Å²) >= 11 is 7.44. The first-order valence-corrected chi connectivity index (χ1v) is 15.2. The van der Waals surface area contributed by atoms with Crippen molar-refractivity contribution < 1.29 is 17.9 Å². The Bertz CT molecular complexity index is 1680. The molecule has 1 heterocycles. The van der Waals surface area contributed by atoms with Crippen molar-refractivity contribution in [2.45, 2.75) is 24.3 Å². The van der Waals surface area contributed by atoms with E-state index >= 15 is 0 Å². The van der Waals surface area contributed by atoms with Crippen molar-refractivity contribution in [3.63, 3.8) is 0 Å². The normalized spacial score (nSPS) is 11.4. The summed E-state index contributed by atoms with van der Waals surface area (Å²) in [6, 6.07) is 28.6. The van der Waals surface area contributed by atoms with Gasteiger partial charge < -0.3 is 10.1 Å². The van der Waals surface area contributed by atoms with Gasteiger partial charge in [-0.2, -0.15) is 0 Å². The zero-order valence-electron chi connectivity index (χ0n) is 20.8. The average molecular weight is 577 g/mol. The molecule has 1 amide bonds. The lowest BCUT2D eigenvalue weighted by Gasteiger charge is -2.10. The number of nitrogens with zero attached hydrogens (tertiary/aromatic N) is 1. The van der Waals surface area contributed by atoms with Crippen molar-refractivity contribution in [3.8, 4) is 5.75 Å². The molecule has 0 aliphatic carbocycles. The summed E-state index contributed by atoms with van der Waals surface area (Å²) in [7, 11) is -3.39. The smallest absolute Gasteiger partial charge is 0.255 e. The second-order valence-electron chi connectivity index (χ2n) is 8.92. The molecular formula is C30H25ClN2O4S2. The predicted molar refractivity (Wildman–Crippen MR) is 157 cm³/mol. The summed E-state index contributed by atoms with van der Waals surface area (Å²) in [5.74, 6) is 0.343. The largest absolute Gasteiger partial charge is 0.486 e. The Morgan fingerprint density at radius 2 is 1.72 bits per heavy atom. The van der Waals surface area contributed by atoms with Crippen LogP contribution < -0.4 is 10.1 Å². The lowest BCUT2D eigenvalue weighted by atomic mass is 10.1. The van der Waals surface area contributed by atoms with Gasteiger partial charge in [0.05, 0.1) is 20.9 Å². The fraction of sp³-hybridized carbons (Fsp3) is 0.133. The van der Waals surface area contributed by atoms with Gasteiger partial charge in [0.2, 0.25) is 0 Å². The quantitative estimate of drug-likeness (QED) is 0.190. The lowest BCUT2D eigenvalue weighted by Crippen LogP contribution is -2.12. The van der Waals surface area contributed by atoms with Crippen LogP contribution in [0.15, 0.2) is 102 Å². The molecule has 1 aromatic heterocycles. The zero-order chi connectivity index (χ0) is 27.2. The molecule has 0 atom stereocenters. The number of benzene rings is 4. The van der Waals surface area contributed by atoms with Gasteiger partial charge in [0, 0.05) is 16.3 Å². The van der Waals surface area contributed by atoms with Gasteiger partial charge >= 0.3 is 0 Å². The van der Waals surface area contributed by atoms with E-state index in [0.717, 1.165) is 20.8 Å². The third-order valence-electron chi connectivity index (χ3n) is 6.03. The number of rotatable bonds is 10. The fourth-order valence-electron chi connectivity index (χ4n) is 4.09. The highest BCUT2D eigenvalue weighted by Gasteiger charge is 2.14. The van der Waals surface area contributed by atoms with E-state index in [1.165, 1.54) is 12.1 Å². The topological polar surface area (TPSA) is 85.4 Å². The van der Waals surface area contributed by atoms with Gasteiger partial charge in [0.1, 0.15) is 17.4 Å². The molecule has 0 unspecified atom stereocenters. The molecule has 1 N–H and O–H groups in total. The van der Waals surface area contributed by atoms with Crippen LogP contribution in [0.25, 0.3) is 10.2 Å². The number of amides is 1. The molecular weight excluding hydrogens is 552 g/mol. The van der Waals surface area contributed by atoms with Crippen molar-refractivity contribution in [1.29, 1.82) is 0 Å². The van der Waals surface area contributed by atoms with E-state index in [0.29, 0.717) is 41.5 Å². The molecule has 0 bridgehead atoms. The Balaban J connectivity index is 1.16. The number of para-hydroxylation sites is 1. The Labute approximate surface area is 236 Å². The molecule has 4 aromatic carbocycles. The van der Waals surface area contributed by atoms with Crippen LogP contribution in [0.5, 0.6) is 5.75 Å². The van der Waals surface area contributed by atoms with Gasteiger partial charge in [0.25, 0.3) is 5.91 Å². The van der Waals surface area contributed by atoms with Crippen molar-refractivity contribution in [2.24, 2.45) is 0 Å². The number of halogens is 1. The van der Waals surface area contributed by atoms with E-state index in [2.05, 4.69) is 10.3 Å². The summed E-state index contributed by atoms with van der Waals surface area (Å²) < 4.78 is 32.2. The molecule has 39 heavy (non-hydrogen) atoms.